The molecule has 0 radical (unpaired) electrons. The zero-order valence-electron chi connectivity index (χ0n) is 16.6. The summed E-state index contributed by atoms with van der Waals surface area (Å²) >= 11 is 0. The number of aryl methyl sites for hydroxylation is 1. The lowest BCUT2D eigenvalue weighted by atomic mass is 10.0. The number of benzene rings is 2. The number of nitrogens with zero attached hydrogens (tertiary/aromatic N) is 4. The number of hydrogen-bond donors (Lipinski definition) is 0. The van der Waals surface area contributed by atoms with Crippen LogP contribution in [0, 0.1) is 10.1 Å². The third-order valence-corrected chi connectivity index (χ3v) is 5.06. The Morgan fingerprint density at radius 1 is 1.16 bits per heavy atom. The van der Waals surface area contributed by atoms with Crippen LogP contribution in [0.25, 0.3) is 5.69 Å². The maximum Gasteiger partial charge on any atom is 0.310 e. The maximum atomic E-state index is 12.6. The Morgan fingerprint density at radius 3 is 2.74 bits per heavy atom. The van der Waals surface area contributed by atoms with E-state index in [0.29, 0.717) is 30.6 Å². The van der Waals surface area contributed by atoms with Crippen molar-refractivity contribution in [3.8, 4) is 5.69 Å². The first-order valence-corrected chi connectivity index (χ1v) is 9.83. The first kappa shape index (κ1) is 20.3. The molecule has 0 saturated carbocycles. The molecule has 9 nitrogen and oxygen atoms in total. The van der Waals surface area contributed by atoms with E-state index in [1.54, 1.807) is 23.1 Å². The fourth-order valence-electron chi connectivity index (χ4n) is 3.57. The number of aromatic nitrogens is 2. The number of amides is 1. The molecule has 1 aliphatic heterocycles. The Bertz CT molecular complexity index is 1130. The number of nitro benzene ring substituents is 1. The lowest BCUT2D eigenvalue weighted by Gasteiger charge is -2.29. The molecule has 4 rings (SSSR count). The lowest BCUT2D eigenvalue weighted by molar-refractivity contribution is -0.384. The molecule has 0 atom stereocenters. The Balaban J connectivity index is 1.35. The van der Waals surface area contributed by atoms with Gasteiger partial charge in [0, 0.05) is 36.1 Å². The van der Waals surface area contributed by atoms with Gasteiger partial charge in [0.05, 0.1) is 23.2 Å². The van der Waals surface area contributed by atoms with Gasteiger partial charge in [-0.15, -0.1) is 0 Å². The second kappa shape index (κ2) is 8.78. The molecule has 0 aliphatic carbocycles. The number of carbonyl (C=O) groups is 2. The number of hydrogen-bond acceptors (Lipinski definition) is 6. The number of ether oxygens (including phenoxy) is 1. The van der Waals surface area contributed by atoms with E-state index < -0.39 is 10.9 Å². The number of rotatable bonds is 6. The molecule has 0 fully saturated rings. The molecule has 3 aromatic rings. The fourth-order valence-corrected chi connectivity index (χ4v) is 3.57. The van der Waals surface area contributed by atoms with Gasteiger partial charge in [0.1, 0.15) is 0 Å². The molecule has 2 heterocycles. The van der Waals surface area contributed by atoms with Gasteiger partial charge in [-0.3, -0.25) is 19.7 Å². The van der Waals surface area contributed by atoms with Crippen LogP contribution < -0.4 is 4.90 Å². The zero-order valence-corrected chi connectivity index (χ0v) is 16.6. The summed E-state index contributed by atoms with van der Waals surface area (Å²) in [6.45, 7) is 0.0904. The second-order valence-electron chi connectivity index (χ2n) is 7.19. The van der Waals surface area contributed by atoms with Crippen LogP contribution in [0.3, 0.4) is 0 Å². The summed E-state index contributed by atoms with van der Waals surface area (Å²) in [6, 6.07) is 13.9. The van der Waals surface area contributed by atoms with Crippen molar-refractivity contribution in [3.05, 3.63) is 82.2 Å². The van der Waals surface area contributed by atoms with Gasteiger partial charge in [0.2, 0.25) is 0 Å². The van der Waals surface area contributed by atoms with E-state index >= 15 is 0 Å². The van der Waals surface area contributed by atoms with E-state index in [1.807, 2.05) is 30.3 Å². The molecular weight excluding hydrogens is 400 g/mol. The van der Waals surface area contributed by atoms with Crippen LogP contribution in [-0.4, -0.2) is 39.7 Å². The van der Waals surface area contributed by atoms with Crippen LogP contribution >= 0.6 is 0 Å². The van der Waals surface area contributed by atoms with Crippen molar-refractivity contribution in [2.24, 2.45) is 0 Å². The summed E-state index contributed by atoms with van der Waals surface area (Å²) < 4.78 is 6.84. The number of nitro groups is 1. The number of carbonyl (C=O) groups excluding carboxylic acids is 2. The third kappa shape index (κ3) is 4.61. The summed E-state index contributed by atoms with van der Waals surface area (Å²) in [5.74, 6) is -0.884. The number of anilines is 1. The topological polar surface area (TPSA) is 108 Å². The number of fused-ring (bicyclic) bond motifs is 1. The van der Waals surface area contributed by atoms with Crippen LogP contribution in [0.4, 0.5) is 11.4 Å². The van der Waals surface area contributed by atoms with Crippen molar-refractivity contribution < 1.29 is 19.2 Å². The van der Waals surface area contributed by atoms with E-state index in [1.165, 1.54) is 17.0 Å². The Morgan fingerprint density at radius 2 is 1.97 bits per heavy atom. The highest BCUT2D eigenvalue weighted by atomic mass is 16.6. The van der Waals surface area contributed by atoms with Crippen LogP contribution in [0.1, 0.15) is 17.5 Å². The van der Waals surface area contributed by atoms with Crippen LogP contribution in [0.5, 0.6) is 0 Å². The molecule has 9 heteroatoms. The molecule has 1 amide bonds. The van der Waals surface area contributed by atoms with Gasteiger partial charge in [-0.05, 0) is 36.6 Å². The molecule has 0 saturated heterocycles. The summed E-state index contributed by atoms with van der Waals surface area (Å²) in [5.41, 5.74) is 2.92. The summed E-state index contributed by atoms with van der Waals surface area (Å²) in [6.07, 6.45) is 4.68. The minimum absolute atomic E-state index is 0.00287. The third-order valence-electron chi connectivity index (χ3n) is 5.06. The monoisotopic (exact) mass is 420 g/mol. The van der Waals surface area contributed by atoms with E-state index in [-0.39, 0.29) is 24.6 Å². The molecule has 1 aromatic heterocycles. The van der Waals surface area contributed by atoms with Crippen LogP contribution in [0.15, 0.2) is 60.9 Å². The zero-order chi connectivity index (χ0) is 21.8. The van der Waals surface area contributed by atoms with E-state index in [9.17, 15) is 19.7 Å². The minimum Gasteiger partial charge on any atom is -0.455 e. The smallest absolute Gasteiger partial charge is 0.310 e. The molecule has 0 N–H and O–H groups in total. The predicted molar refractivity (Wildman–Crippen MR) is 112 cm³/mol. The quantitative estimate of drug-likeness (QED) is 0.345. The van der Waals surface area contributed by atoms with Crippen LogP contribution in [0.2, 0.25) is 0 Å². The van der Waals surface area contributed by atoms with Crippen molar-refractivity contribution >= 4 is 23.3 Å². The molecule has 2 aromatic carbocycles. The van der Waals surface area contributed by atoms with Gasteiger partial charge in [-0.1, -0.05) is 18.2 Å². The van der Waals surface area contributed by atoms with Gasteiger partial charge in [-0.25, -0.2) is 4.68 Å². The van der Waals surface area contributed by atoms with E-state index in [0.717, 1.165) is 11.3 Å². The number of non-ortho nitro benzene ring substituents is 1. The molecule has 1 aliphatic rings. The first-order valence-electron chi connectivity index (χ1n) is 9.83. The SMILES string of the molecule is O=C(Cc1cnn(-c2ccccc2)c1)OCC(=O)N1CCCc2cc([N+](=O)[O-])ccc21. The van der Waals surface area contributed by atoms with Crippen molar-refractivity contribution in [1.29, 1.82) is 0 Å². The van der Waals surface area contributed by atoms with Crippen molar-refractivity contribution in [3.63, 3.8) is 0 Å². The standard InChI is InChI=1S/C22H20N4O5/c27-21(24-10-4-5-17-12-19(26(29)30)8-9-20(17)24)15-31-22(28)11-16-13-23-25(14-16)18-6-2-1-3-7-18/h1-3,6-9,12-14H,4-5,10-11,15H2. The van der Waals surface area contributed by atoms with Gasteiger partial charge in [-0.2, -0.15) is 5.10 Å². The Labute approximate surface area is 178 Å². The van der Waals surface area contributed by atoms with Crippen molar-refractivity contribution in [2.45, 2.75) is 19.3 Å². The highest BCUT2D eigenvalue weighted by Gasteiger charge is 2.25. The molecule has 0 spiro atoms. The maximum absolute atomic E-state index is 12.6. The summed E-state index contributed by atoms with van der Waals surface area (Å²) in [7, 11) is 0. The lowest BCUT2D eigenvalue weighted by Crippen LogP contribution is -2.38. The predicted octanol–water partition coefficient (Wildman–Crippen LogP) is 2.85. The minimum atomic E-state index is -0.526. The highest BCUT2D eigenvalue weighted by molar-refractivity contribution is 5.96. The molecule has 0 bridgehead atoms. The largest absolute Gasteiger partial charge is 0.455 e. The van der Waals surface area contributed by atoms with Gasteiger partial charge >= 0.3 is 5.97 Å². The molecule has 0 unspecified atom stereocenters. The van der Waals surface area contributed by atoms with Crippen molar-refractivity contribution in [1.82, 2.24) is 9.78 Å². The van der Waals surface area contributed by atoms with Crippen LogP contribution in [-0.2, 0) is 27.2 Å². The molecule has 31 heavy (non-hydrogen) atoms. The molecular formula is C22H20N4O5. The Hall–Kier alpha value is -4.01. The summed E-state index contributed by atoms with van der Waals surface area (Å²) in [4.78, 5) is 36.9. The number of esters is 1. The van der Waals surface area contributed by atoms with Gasteiger partial charge in [0.15, 0.2) is 6.61 Å². The van der Waals surface area contributed by atoms with Gasteiger partial charge < -0.3 is 9.64 Å². The van der Waals surface area contributed by atoms with Gasteiger partial charge in [0.25, 0.3) is 11.6 Å². The highest BCUT2D eigenvalue weighted by Crippen LogP contribution is 2.30. The average molecular weight is 420 g/mol. The second-order valence-corrected chi connectivity index (χ2v) is 7.19. The average Bonchev–Trinajstić information content (AvgIpc) is 3.25. The normalized spacial score (nSPS) is 12.8. The number of para-hydroxylation sites is 1. The van der Waals surface area contributed by atoms with Crippen molar-refractivity contribution in [2.75, 3.05) is 18.1 Å². The van der Waals surface area contributed by atoms with E-state index in [4.69, 9.17) is 4.74 Å². The fraction of sp³-hybridized carbons (Fsp3) is 0.227. The Kier molecular flexibility index (Phi) is 5.74. The molecule has 158 valence electrons. The first-order chi connectivity index (χ1) is 15.0. The summed E-state index contributed by atoms with van der Waals surface area (Å²) in [5, 5.41) is 15.2. The van der Waals surface area contributed by atoms with E-state index in [2.05, 4.69) is 5.10 Å².